The number of thiazole rings is 1. The molecular weight excluding hydrogens is 316 g/mol. The van der Waals surface area contributed by atoms with Gasteiger partial charge in [-0.1, -0.05) is 6.92 Å². The van der Waals surface area contributed by atoms with Crippen LogP contribution in [0.3, 0.4) is 0 Å². The average Bonchev–Trinajstić information content (AvgIpc) is 2.97. The molecule has 0 radical (unpaired) electrons. The maximum atomic E-state index is 12.4. The second kappa shape index (κ2) is 6.33. The fourth-order valence-corrected chi connectivity index (χ4v) is 4.22. The molecule has 0 amide bonds. The van der Waals surface area contributed by atoms with Crippen LogP contribution < -0.4 is 10.0 Å². The molecule has 0 bridgehead atoms. The van der Waals surface area contributed by atoms with E-state index in [0.29, 0.717) is 22.6 Å². The summed E-state index contributed by atoms with van der Waals surface area (Å²) in [4.78, 5) is 4.92. The monoisotopic (exact) mass is 334 g/mol. The lowest BCUT2D eigenvalue weighted by atomic mass is 10.3. The number of fused-ring (bicyclic) bond motifs is 1. The Kier molecular flexibility index (Phi) is 4.95. The summed E-state index contributed by atoms with van der Waals surface area (Å²) in [6, 6.07) is 0. The number of sulfonamides is 1. The SMILES string of the molecule is CNc1nc2sccn2c1S(=O)(=O)NCCC(C)SC. The Morgan fingerprint density at radius 3 is 2.95 bits per heavy atom. The highest BCUT2D eigenvalue weighted by molar-refractivity contribution is 7.99. The number of anilines is 1. The van der Waals surface area contributed by atoms with E-state index < -0.39 is 10.0 Å². The molecule has 112 valence electrons. The van der Waals surface area contributed by atoms with Gasteiger partial charge in [0.05, 0.1) is 0 Å². The first-order chi connectivity index (χ1) is 9.49. The Balaban J connectivity index is 2.24. The fraction of sp³-hybridized carbons (Fsp3) is 0.545. The molecule has 2 aromatic heterocycles. The van der Waals surface area contributed by atoms with Gasteiger partial charge in [0, 0.05) is 30.4 Å². The Bertz CT molecular complexity index is 677. The predicted octanol–water partition coefficient (Wildman–Crippen LogP) is 1.86. The number of hydrogen-bond donors (Lipinski definition) is 2. The highest BCUT2D eigenvalue weighted by Gasteiger charge is 2.25. The summed E-state index contributed by atoms with van der Waals surface area (Å²) in [6.45, 7) is 2.50. The molecule has 0 saturated carbocycles. The first kappa shape index (κ1) is 15.6. The molecule has 0 fully saturated rings. The zero-order chi connectivity index (χ0) is 14.8. The molecule has 0 aliphatic rings. The van der Waals surface area contributed by atoms with Gasteiger partial charge in [-0.25, -0.2) is 18.1 Å². The summed E-state index contributed by atoms with van der Waals surface area (Å²) >= 11 is 3.12. The van der Waals surface area contributed by atoms with E-state index in [1.165, 1.54) is 11.3 Å². The number of thioether (sulfide) groups is 1. The summed E-state index contributed by atoms with van der Waals surface area (Å²) in [5, 5.41) is 5.25. The highest BCUT2D eigenvalue weighted by Crippen LogP contribution is 2.25. The Labute approximate surface area is 127 Å². The lowest BCUT2D eigenvalue weighted by molar-refractivity contribution is 0.574. The van der Waals surface area contributed by atoms with Crippen molar-refractivity contribution in [1.82, 2.24) is 14.1 Å². The van der Waals surface area contributed by atoms with Crippen molar-refractivity contribution in [2.75, 3.05) is 25.2 Å². The third-order valence-corrected chi connectivity index (χ3v) is 6.24. The van der Waals surface area contributed by atoms with E-state index in [2.05, 4.69) is 21.9 Å². The standard InChI is InChI=1S/C11H18N4O2S3/c1-8(18-3)4-5-13-20(16,17)10-9(12-2)14-11-15(10)6-7-19-11/h6-8,12-13H,4-5H2,1-3H3. The van der Waals surface area contributed by atoms with Crippen molar-refractivity contribution in [3.8, 4) is 0 Å². The molecule has 0 spiro atoms. The molecule has 2 aromatic rings. The van der Waals surface area contributed by atoms with Gasteiger partial charge in [-0.15, -0.1) is 11.3 Å². The molecule has 20 heavy (non-hydrogen) atoms. The van der Waals surface area contributed by atoms with E-state index in [1.54, 1.807) is 29.4 Å². The molecule has 2 N–H and O–H groups in total. The van der Waals surface area contributed by atoms with Gasteiger partial charge < -0.3 is 5.32 Å². The van der Waals surface area contributed by atoms with Crippen molar-refractivity contribution >= 4 is 43.9 Å². The second-order valence-corrected chi connectivity index (χ2v) is 8.14. The van der Waals surface area contributed by atoms with Gasteiger partial charge in [0.25, 0.3) is 10.0 Å². The molecule has 6 nitrogen and oxygen atoms in total. The Hall–Kier alpha value is -0.770. The molecule has 0 aliphatic heterocycles. The lowest BCUT2D eigenvalue weighted by Crippen LogP contribution is -2.27. The number of aromatic nitrogens is 2. The minimum Gasteiger partial charge on any atom is -0.371 e. The van der Waals surface area contributed by atoms with Crippen LogP contribution in [0, 0.1) is 0 Å². The molecule has 9 heteroatoms. The minimum absolute atomic E-state index is 0.174. The molecule has 2 rings (SSSR count). The van der Waals surface area contributed by atoms with Crippen LogP contribution >= 0.6 is 23.1 Å². The lowest BCUT2D eigenvalue weighted by Gasteiger charge is -2.10. The smallest absolute Gasteiger partial charge is 0.260 e. The zero-order valence-electron chi connectivity index (χ0n) is 11.6. The maximum Gasteiger partial charge on any atom is 0.260 e. The van der Waals surface area contributed by atoms with Gasteiger partial charge in [0.15, 0.2) is 15.8 Å². The largest absolute Gasteiger partial charge is 0.371 e. The fourth-order valence-electron chi connectivity index (χ4n) is 1.77. The van der Waals surface area contributed by atoms with E-state index in [4.69, 9.17) is 0 Å². The summed E-state index contributed by atoms with van der Waals surface area (Å²) in [7, 11) is -1.91. The van der Waals surface area contributed by atoms with Gasteiger partial charge in [-0.05, 0) is 12.7 Å². The summed E-state index contributed by atoms with van der Waals surface area (Å²) in [5.41, 5.74) is 0. The Morgan fingerprint density at radius 1 is 1.55 bits per heavy atom. The molecule has 0 aromatic carbocycles. The molecule has 0 aliphatic carbocycles. The van der Waals surface area contributed by atoms with Crippen molar-refractivity contribution in [2.45, 2.75) is 23.6 Å². The number of rotatable bonds is 7. The van der Waals surface area contributed by atoms with E-state index in [-0.39, 0.29) is 5.03 Å². The van der Waals surface area contributed by atoms with E-state index in [1.807, 2.05) is 11.6 Å². The summed E-state index contributed by atoms with van der Waals surface area (Å²) in [5.74, 6) is 0.377. The van der Waals surface area contributed by atoms with Gasteiger partial charge in [-0.2, -0.15) is 11.8 Å². The van der Waals surface area contributed by atoms with Crippen LogP contribution in [0.15, 0.2) is 16.6 Å². The quantitative estimate of drug-likeness (QED) is 0.808. The van der Waals surface area contributed by atoms with Crippen LogP contribution in [-0.4, -0.2) is 42.9 Å². The van der Waals surface area contributed by atoms with Crippen LogP contribution in [0.25, 0.3) is 4.96 Å². The van der Waals surface area contributed by atoms with Crippen LogP contribution in [0.1, 0.15) is 13.3 Å². The van der Waals surface area contributed by atoms with Gasteiger partial charge >= 0.3 is 0 Å². The van der Waals surface area contributed by atoms with E-state index in [0.717, 1.165) is 6.42 Å². The molecular formula is C11H18N4O2S3. The summed E-state index contributed by atoms with van der Waals surface area (Å²) in [6.07, 6.45) is 4.53. The third-order valence-electron chi connectivity index (χ3n) is 2.95. The minimum atomic E-state index is -3.57. The van der Waals surface area contributed by atoms with Crippen LogP contribution in [0.2, 0.25) is 0 Å². The highest BCUT2D eigenvalue weighted by atomic mass is 32.2. The third kappa shape index (κ3) is 3.11. The van der Waals surface area contributed by atoms with Crippen LogP contribution in [0.5, 0.6) is 0 Å². The number of nitrogens with zero attached hydrogens (tertiary/aromatic N) is 2. The van der Waals surface area contributed by atoms with Gasteiger partial charge in [0.2, 0.25) is 0 Å². The first-order valence-corrected chi connectivity index (χ1v) is 9.80. The zero-order valence-corrected chi connectivity index (χ0v) is 14.0. The van der Waals surface area contributed by atoms with Gasteiger partial charge in [0.1, 0.15) is 0 Å². The normalized spacial score (nSPS) is 13.8. The molecule has 2 heterocycles. The van der Waals surface area contributed by atoms with E-state index >= 15 is 0 Å². The Morgan fingerprint density at radius 2 is 2.30 bits per heavy atom. The molecule has 1 atom stereocenters. The van der Waals surface area contributed by atoms with Crippen molar-refractivity contribution in [3.05, 3.63) is 11.6 Å². The number of hydrogen-bond acceptors (Lipinski definition) is 6. The van der Waals surface area contributed by atoms with Crippen molar-refractivity contribution in [3.63, 3.8) is 0 Å². The topological polar surface area (TPSA) is 75.5 Å². The first-order valence-electron chi connectivity index (χ1n) is 6.15. The second-order valence-electron chi connectivity index (χ2n) is 4.30. The van der Waals surface area contributed by atoms with Crippen LogP contribution in [0.4, 0.5) is 5.82 Å². The predicted molar refractivity (Wildman–Crippen MR) is 85.4 cm³/mol. The van der Waals surface area contributed by atoms with Crippen molar-refractivity contribution in [2.24, 2.45) is 0 Å². The summed E-state index contributed by atoms with van der Waals surface area (Å²) < 4.78 is 29.1. The van der Waals surface area contributed by atoms with Crippen molar-refractivity contribution < 1.29 is 8.42 Å². The van der Waals surface area contributed by atoms with Gasteiger partial charge in [-0.3, -0.25) is 4.40 Å². The molecule has 0 saturated heterocycles. The maximum absolute atomic E-state index is 12.4. The number of imidazole rings is 1. The average molecular weight is 334 g/mol. The van der Waals surface area contributed by atoms with Crippen LogP contribution in [-0.2, 0) is 10.0 Å². The van der Waals surface area contributed by atoms with E-state index in [9.17, 15) is 8.42 Å². The number of nitrogens with one attached hydrogen (secondary N) is 2. The molecule has 1 unspecified atom stereocenters. The van der Waals surface area contributed by atoms with Crippen molar-refractivity contribution in [1.29, 1.82) is 0 Å².